The molecular weight excluding hydrogens is 264 g/mol. The fourth-order valence-electron chi connectivity index (χ4n) is 1.40. The van der Waals surface area contributed by atoms with Gasteiger partial charge >= 0.3 is 0 Å². The molecule has 18 heavy (non-hydrogen) atoms. The number of thiocarbonyl (C=S) groups is 1. The maximum atomic E-state index is 5.72. The third-order valence-electron chi connectivity index (χ3n) is 2.30. The van der Waals surface area contributed by atoms with Crippen molar-refractivity contribution >= 4 is 29.0 Å². The number of pyridine rings is 1. The zero-order chi connectivity index (χ0) is 13.0. The smallest absolute Gasteiger partial charge is 0.219 e. The molecule has 0 radical (unpaired) electrons. The van der Waals surface area contributed by atoms with Crippen LogP contribution in [0.2, 0.25) is 0 Å². The van der Waals surface area contributed by atoms with Crippen molar-refractivity contribution < 1.29 is 4.74 Å². The van der Waals surface area contributed by atoms with Gasteiger partial charge in [0.1, 0.15) is 10.7 Å². The van der Waals surface area contributed by atoms with Crippen molar-refractivity contribution in [2.45, 2.75) is 4.90 Å². The lowest BCUT2D eigenvalue weighted by Crippen LogP contribution is -2.09. The van der Waals surface area contributed by atoms with E-state index in [1.165, 1.54) is 0 Å². The van der Waals surface area contributed by atoms with Crippen LogP contribution in [0.5, 0.6) is 11.6 Å². The first kappa shape index (κ1) is 12.9. The molecule has 0 bridgehead atoms. The summed E-state index contributed by atoms with van der Waals surface area (Å²) in [5, 5.41) is 0. The van der Waals surface area contributed by atoms with Crippen LogP contribution in [0.4, 0.5) is 0 Å². The molecule has 92 valence electrons. The van der Waals surface area contributed by atoms with Crippen molar-refractivity contribution in [3.8, 4) is 11.6 Å². The Kier molecular flexibility index (Phi) is 4.17. The lowest BCUT2D eigenvalue weighted by atomic mass is 10.3. The van der Waals surface area contributed by atoms with Gasteiger partial charge < -0.3 is 10.5 Å². The number of nitrogens with zero attached hydrogens (tertiary/aromatic N) is 1. The molecule has 0 aliphatic carbocycles. The van der Waals surface area contributed by atoms with Crippen LogP contribution in [0.3, 0.4) is 0 Å². The van der Waals surface area contributed by atoms with Gasteiger partial charge in [0, 0.05) is 22.7 Å². The molecule has 0 aliphatic rings. The highest BCUT2D eigenvalue weighted by molar-refractivity contribution is 7.98. The van der Waals surface area contributed by atoms with E-state index in [9.17, 15) is 0 Å². The first-order chi connectivity index (χ1) is 8.70. The van der Waals surface area contributed by atoms with Crippen LogP contribution >= 0.6 is 24.0 Å². The SMILES string of the molecule is CSc1ccccc1Oc1ccc(C(N)=S)cn1. The number of para-hydroxylation sites is 1. The molecule has 0 saturated heterocycles. The van der Waals surface area contributed by atoms with E-state index in [-0.39, 0.29) is 0 Å². The molecule has 2 N–H and O–H groups in total. The molecule has 0 saturated carbocycles. The molecule has 1 aromatic carbocycles. The van der Waals surface area contributed by atoms with Crippen LogP contribution in [0, 0.1) is 0 Å². The lowest BCUT2D eigenvalue weighted by Gasteiger charge is -2.08. The van der Waals surface area contributed by atoms with E-state index >= 15 is 0 Å². The Hall–Kier alpha value is -1.59. The van der Waals surface area contributed by atoms with Crippen molar-refractivity contribution in [3.05, 3.63) is 48.2 Å². The highest BCUT2D eigenvalue weighted by atomic mass is 32.2. The molecule has 0 fully saturated rings. The van der Waals surface area contributed by atoms with Crippen LogP contribution in [-0.4, -0.2) is 16.2 Å². The molecule has 3 nitrogen and oxygen atoms in total. The summed E-state index contributed by atoms with van der Waals surface area (Å²) in [4.78, 5) is 5.57. The van der Waals surface area contributed by atoms with Gasteiger partial charge in [0.2, 0.25) is 5.88 Å². The molecule has 1 heterocycles. The van der Waals surface area contributed by atoms with Crippen molar-refractivity contribution in [2.75, 3.05) is 6.26 Å². The molecular formula is C13H12N2OS2. The van der Waals surface area contributed by atoms with E-state index in [1.54, 1.807) is 30.1 Å². The molecule has 0 unspecified atom stereocenters. The zero-order valence-electron chi connectivity index (χ0n) is 9.79. The number of rotatable bonds is 4. The van der Waals surface area contributed by atoms with E-state index in [0.717, 1.165) is 16.2 Å². The molecule has 0 aliphatic heterocycles. The number of benzene rings is 1. The Morgan fingerprint density at radius 1 is 1.28 bits per heavy atom. The highest BCUT2D eigenvalue weighted by Crippen LogP contribution is 2.30. The minimum atomic E-state index is 0.332. The molecule has 0 atom stereocenters. The molecule has 0 amide bonds. The topological polar surface area (TPSA) is 48.1 Å². The van der Waals surface area contributed by atoms with E-state index in [4.69, 9.17) is 22.7 Å². The number of ether oxygens (including phenoxy) is 1. The standard InChI is InChI=1S/C13H12N2OS2/c1-18-11-5-3-2-4-10(11)16-12-7-6-9(8-15-12)13(14)17/h2-8H,1H3,(H2,14,17). The van der Waals surface area contributed by atoms with E-state index in [2.05, 4.69) is 4.98 Å². The lowest BCUT2D eigenvalue weighted by molar-refractivity contribution is 0.452. The van der Waals surface area contributed by atoms with Crippen LogP contribution < -0.4 is 10.5 Å². The van der Waals surface area contributed by atoms with Gasteiger partial charge in [0.05, 0.1) is 0 Å². The summed E-state index contributed by atoms with van der Waals surface area (Å²) in [5.74, 6) is 1.32. The molecule has 1 aromatic heterocycles. The largest absolute Gasteiger partial charge is 0.438 e. The average molecular weight is 276 g/mol. The van der Waals surface area contributed by atoms with Crippen molar-refractivity contribution in [1.29, 1.82) is 0 Å². The minimum absolute atomic E-state index is 0.332. The van der Waals surface area contributed by atoms with Crippen LogP contribution in [-0.2, 0) is 0 Å². The van der Waals surface area contributed by atoms with Gasteiger partial charge in [-0.2, -0.15) is 0 Å². The van der Waals surface area contributed by atoms with Gasteiger partial charge in [0.15, 0.2) is 0 Å². The van der Waals surface area contributed by atoms with Gasteiger partial charge in [-0.1, -0.05) is 24.4 Å². The summed E-state index contributed by atoms with van der Waals surface area (Å²) in [6.45, 7) is 0. The predicted octanol–water partition coefficient (Wildman–Crippen LogP) is 3.23. The minimum Gasteiger partial charge on any atom is -0.438 e. The quantitative estimate of drug-likeness (QED) is 0.686. The van der Waals surface area contributed by atoms with Gasteiger partial charge in [0.25, 0.3) is 0 Å². The van der Waals surface area contributed by atoms with Crippen LogP contribution in [0.15, 0.2) is 47.5 Å². The second-order valence-corrected chi connectivity index (χ2v) is 4.79. The van der Waals surface area contributed by atoms with E-state index < -0.39 is 0 Å². The number of aromatic nitrogens is 1. The number of nitrogens with two attached hydrogens (primary N) is 1. The van der Waals surface area contributed by atoms with Crippen molar-refractivity contribution in [1.82, 2.24) is 4.98 Å². The number of hydrogen-bond acceptors (Lipinski definition) is 4. The highest BCUT2D eigenvalue weighted by Gasteiger charge is 2.04. The average Bonchev–Trinajstić information content (AvgIpc) is 2.40. The van der Waals surface area contributed by atoms with Crippen LogP contribution in [0.25, 0.3) is 0 Å². The van der Waals surface area contributed by atoms with Crippen LogP contribution in [0.1, 0.15) is 5.56 Å². The van der Waals surface area contributed by atoms with Gasteiger partial charge in [-0.15, -0.1) is 11.8 Å². The normalized spacial score (nSPS) is 10.1. The first-order valence-corrected chi connectivity index (χ1v) is 6.90. The Balaban J connectivity index is 2.21. The van der Waals surface area contributed by atoms with E-state index in [0.29, 0.717) is 10.9 Å². The maximum Gasteiger partial charge on any atom is 0.219 e. The van der Waals surface area contributed by atoms with E-state index in [1.807, 2.05) is 30.5 Å². The Labute approximate surface area is 115 Å². The molecule has 2 aromatic rings. The predicted molar refractivity (Wildman–Crippen MR) is 78.4 cm³/mol. The number of hydrogen-bond donors (Lipinski definition) is 1. The summed E-state index contributed by atoms with van der Waals surface area (Å²) in [5.41, 5.74) is 6.24. The first-order valence-electron chi connectivity index (χ1n) is 5.27. The van der Waals surface area contributed by atoms with Crippen molar-refractivity contribution in [2.24, 2.45) is 5.73 Å². The fourth-order valence-corrected chi connectivity index (χ4v) is 2.05. The summed E-state index contributed by atoms with van der Waals surface area (Å²) < 4.78 is 5.72. The summed E-state index contributed by atoms with van der Waals surface area (Å²) in [6.07, 6.45) is 3.62. The molecule has 5 heteroatoms. The van der Waals surface area contributed by atoms with Gasteiger partial charge in [-0.3, -0.25) is 0 Å². The summed E-state index contributed by atoms with van der Waals surface area (Å²) >= 11 is 6.50. The van der Waals surface area contributed by atoms with Gasteiger partial charge in [-0.25, -0.2) is 4.98 Å². The van der Waals surface area contributed by atoms with Crippen molar-refractivity contribution in [3.63, 3.8) is 0 Å². The third-order valence-corrected chi connectivity index (χ3v) is 3.32. The monoisotopic (exact) mass is 276 g/mol. The zero-order valence-corrected chi connectivity index (χ0v) is 11.4. The molecule has 2 rings (SSSR count). The van der Waals surface area contributed by atoms with Gasteiger partial charge in [-0.05, 0) is 24.5 Å². The Bertz CT molecular complexity index is 555. The Morgan fingerprint density at radius 2 is 2.06 bits per heavy atom. The maximum absolute atomic E-state index is 5.72. The molecule has 0 spiro atoms. The fraction of sp³-hybridized carbons (Fsp3) is 0.0769. The second kappa shape index (κ2) is 5.84. The summed E-state index contributed by atoms with van der Waals surface area (Å²) in [6, 6.07) is 11.4. The second-order valence-electron chi connectivity index (χ2n) is 3.50. The number of thioether (sulfide) groups is 1. The summed E-state index contributed by atoms with van der Waals surface area (Å²) in [7, 11) is 0. The third kappa shape index (κ3) is 3.00. The Morgan fingerprint density at radius 3 is 2.67 bits per heavy atom.